The maximum Gasteiger partial charge on any atom is 0.255 e. The lowest BCUT2D eigenvalue weighted by atomic mass is 10.0. The molecule has 2 aromatic rings. The van der Waals surface area contributed by atoms with E-state index in [0.29, 0.717) is 12.1 Å². The quantitative estimate of drug-likeness (QED) is 0.892. The SMILES string of the molecule is Cc1cccc(C(=O)Nc2ccc(N(C)CCO)cc2)c1C. The van der Waals surface area contributed by atoms with Gasteiger partial charge in [-0.3, -0.25) is 4.79 Å². The van der Waals surface area contributed by atoms with E-state index < -0.39 is 0 Å². The normalized spacial score (nSPS) is 10.4. The molecule has 2 rings (SSSR count). The number of nitrogens with one attached hydrogen (secondary N) is 1. The number of carbonyl (C=O) groups is 1. The third-order valence-corrected chi connectivity index (χ3v) is 3.85. The fourth-order valence-electron chi connectivity index (χ4n) is 2.27. The molecule has 0 spiro atoms. The molecule has 0 saturated heterocycles. The summed E-state index contributed by atoms with van der Waals surface area (Å²) in [5.41, 5.74) is 4.56. The third kappa shape index (κ3) is 3.65. The molecule has 4 nitrogen and oxygen atoms in total. The van der Waals surface area contributed by atoms with Crippen LogP contribution in [0.4, 0.5) is 11.4 Å². The van der Waals surface area contributed by atoms with E-state index in [1.165, 1.54) is 0 Å². The number of anilines is 2. The van der Waals surface area contributed by atoms with Crippen molar-refractivity contribution in [1.29, 1.82) is 0 Å². The molecule has 0 atom stereocenters. The standard InChI is InChI=1S/C18H22N2O2/c1-13-5-4-6-17(14(13)2)18(22)19-15-7-9-16(10-8-15)20(3)11-12-21/h4-10,21H,11-12H2,1-3H3,(H,19,22). The average molecular weight is 298 g/mol. The van der Waals surface area contributed by atoms with E-state index in [0.717, 1.165) is 22.5 Å². The molecule has 0 fully saturated rings. The largest absolute Gasteiger partial charge is 0.395 e. The van der Waals surface area contributed by atoms with Gasteiger partial charge in [0.2, 0.25) is 0 Å². The molecule has 1 amide bonds. The Morgan fingerprint density at radius 1 is 1.14 bits per heavy atom. The van der Waals surface area contributed by atoms with Gasteiger partial charge in [0, 0.05) is 30.5 Å². The van der Waals surface area contributed by atoms with Crippen molar-refractivity contribution in [2.45, 2.75) is 13.8 Å². The number of aryl methyl sites for hydroxylation is 1. The Morgan fingerprint density at radius 2 is 1.82 bits per heavy atom. The topological polar surface area (TPSA) is 52.6 Å². The van der Waals surface area contributed by atoms with Crippen LogP contribution in [0.5, 0.6) is 0 Å². The van der Waals surface area contributed by atoms with Crippen LogP contribution in [0.25, 0.3) is 0 Å². The van der Waals surface area contributed by atoms with Crippen LogP contribution in [0.3, 0.4) is 0 Å². The molecule has 0 heterocycles. The summed E-state index contributed by atoms with van der Waals surface area (Å²) in [6, 6.07) is 13.3. The zero-order valence-electron chi connectivity index (χ0n) is 13.3. The summed E-state index contributed by atoms with van der Waals surface area (Å²) in [6.45, 7) is 4.64. The lowest BCUT2D eigenvalue weighted by Crippen LogP contribution is -2.21. The molecule has 116 valence electrons. The Balaban J connectivity index is 2.10. The predicted octanol–water partition coefficient (Wildman–Crippen LogP) is 2.98. The van der Waals surface area contributed by atoms with Gasteiger partial charge in [0.05, 0.1) is 6.61 Å². The smallest absolute Gasteiger partial charge is 0.255 e. The molecule has 0 aliphatic rings. The first-order valence-corrected chi connectivity index (χ1v) is 7.32. The monoisotopic (exact) mass is 298 g/mol. The molecule has 0 aliphatic heterocycles. The number of hydrogen-bond donors (Lipinski definition) is 2. The van der Waals surface area contributed by atoms with Gasteiger partial charge in [-0.2, -0.15) is 0 Å². The Hall–Kier alpha value is -2.33. The van der Waals surface area contributed by atoms with Crippen LogP contribution in [0.15, 0.2) is 42.5 Å². The van der Waals surface area contributed by atoms with E-state index in [1.54, 1.807) is 0 Å². The second kappa shape index (κ2) is 7.09. The zero-order valence-corrected chi connectivity index (χ0v) is 13.3. The lowest BCUT2D eigenvalue weighted by Gasteiger charge is -2.18. The van der Waals surface area contributed by atoms with Crippen LogP contribution in [0.1, 0.15) is 21.5 Å². The summed E-state index contributed by atoms with van der Waals surface area (Å²) in [4.78, 5) is 14.3. The first kappa shape index (κ1) is 16.0. The van der Waals surface area contributed by atoms with E-state index in [9.17, 15) is 4.79 Å². The fraction of sp³-hybridized carbons (Fsp3) is 0.278. The summed E-state index contributed by atoms with van der Waals surface area (Å²) >= 11 is 0. The first-order chi connectivity index (χ1) is 10.5. The lowest BCUT2D eigenvalue weighted by molar-refractivity contribution is 0.102. The van der Waals surface area contributed by atoms with E-state index >= 15 is 0 Å². The van der Waals surface area contributed by atoms with E-state index in [4.69, 9.17) is 5.11 Å². The Kier molecular flexibility index (Phi) is 5.17. The molecule has 4 heteroatoms. The van der Waals surface area contributed by atoms with Gasteiger partial charge in [-0.15, -0.1) is 0 Å². The number of benzene rings is 2. The number of aliphatic hydroxyl groups is 1. The van der Waals surface area contributed by atoms with Gasteiger partial charge in [-0.25, -0.2) is 0 Å². The second-order valence-corrected chi connectivity index (χ2v) is 5.39. The first-order valence-electron chi connectivity index (χ1n) is 7.32. The number of hydrogen-bond acceptors (Lipinski definition) is 3. The summed E-state index contributed by atoms with van der Waals surface area (Å²) in [5.74, 6) is -0.0994. The predicted molar refractivity (Wildman–Crippen MR) is 90.7 cm³/mol. The third-order valence-electron chi connectivity index (χ3n) is 3.85. The van der Waals surface area contributed by atoms with Crippen molar-refractivity contribution in [3.05, 3.63) is 59.2 Å². The van der Waals surface area contributed by atoms with Crippen molar-refractivity contribution in [1.82, 2.24) is 0 Å². The summed E-state index contributed by atoms with van der Waals surface area (Å²) < 4.78 is 0. The highest BCUT2D eigenvalue weighted by atomic mass is 16.3. The van der Waals surface area contributed by atoms with Crippen LogP contribution in [-0.2, 0) is 0 Å². The highest BCUT2D eigenvalue weighted by Gasteiger charge is 2.10. The van der Waals surface area contributed by atoms with Crippen LogP contribution >= 0.6 is 0 Å². The minimum absolute atomic E-state index is 0.0994. The van der Waals surface area contributed by atoms with Crippen molar-refractivity contribution in [2.75, 3.05) is 30.4 Å². The van der Waals surface area contributed by atoms with Gasteiger partial charge in [0.25, 0.3) is 5.91 Å². The molecule has 0 radical (unpaired) electrons. The molecular weight excluding hydrogens is 276 g/mol. The van der Waals surface area contributed by atoms with Crippen LogP contribution in [0.2, 0.25) is 0 Å². The molecule has 0 bridgehead atoms. The molecule has 0 saturated carbocycles. The molecule has 22 heavy (non-hydrogen) atoms. The Labute approximate surface area is 131 Å². The maximum atomic E-state index is 12.4. The number of likely N-dealkylation sites (N-methyl/N-ethyl adjacent to an activating group) is 1. The van der Waals surface area contributed by atoms with Crippen LogP contribution in [-0.4, -0.2) is 31.2 Å². The number of amides is 1. The summed E-state index contributed by atoms with van der Waals surface area (Å²) in [7, 11) is 1.92. The van der Waals surface area contributed by atoms with Crippen molar-refractivity contribution < 1.29 is 9.90 Å². The highest BCUT2D eigenvalue weighted by molar-refractivity contribution is 6.05. The molecule has 0 aromatic heterocycles. The van der Waals surface area contributed by atoms with Crippen molar-refractivity contribution in [3.8, 4) is 0 Å². The molecule has 0 unspecified atom stereocenters. The maximum absolute atomic E-state index is 12.4. The van der Waals surface area contributed by atoms with Gasteiger partial charge in [0.1, 0.15) is 0 Å². The van der Waals surface area contributed by atoms with Crippen molar-refractivity contribution in [3.63, 3.8) is 0 Å². The minimum atomic E-state index is -0.0994. The van der Waals surface area contributed by atoms with Gasteiger partial charge >= 0.3 is 0 Å². The number of rotatable bonds is 5. The second-order valence-electron chi connectivity index (χ2n) is 5.39. The minimum Gasteiger partial charge on any atom is -0.395 e. The molecule has 2 N–H and O–H groups in total. The van der Waals surface area contributed by atoms with Crippen LogP contribution in [0, 0.1) is 13.8 Å². The fourth-order valence-corrected chi connectivity index (χ4v) is 2.27. The van der Waals surface area contributed by atoms with Gasteiger partial charge in [-0.1, -0.05) is 12.1 Å². The highest BCUT2D eigenvalue weighted by Crippen LogP contribution is 2.19. The molecular formula is C18H22N2O2. The van der Waals surface area contributed by atoms with Crippen molar-refractivity contribution in [2.24, 2.45) is 0 Å². The molecule has 2 aromatic carbocycles. The number of nitrogens with zero attached hydrogens (tertiary/aromatic N) is 1. The number of carbonyl (C=O) groups excluding carboxylic acids is 1. The van der Waals surface area contributed by atoms with Gasteiger partial charge in [0.15, 0.2) is 0 Å². The van der Waals surface area contributed by atoms with E-state index in [-0.39, 0.29) is 12.5 Å². The summed E-state index contributed by atoms with van der Waals surface area (Å²) in [6.07, 6.45) is 0. The number of aliphatic hydroxyl groups excluding tert-OH is 1. The van der Waals surface area contributed by atoms with Crippen molar-refractivity contribution >= 4 is 17.3 Å². The van der Waals surface area contributed by atoms with Gasteiger partial charge < -0.3 is 15.3 Å². The van der Waals surface area contributed by atoms with Gasteiger partial charge in [-0.05, 0) is 55.3 Å². The zero-order chi connectivity index (χ0) is 16.1. The van der Waals surface area contributed by atoms with E-state index in [1.807, 2.05) is 68.3 Å². The Morgan fingerprint density at radius 3 is 2.45 bits per heavy atom. The average Bonchev–Trinajstić information content (AvgIpc) is 2.51. The summed E-state index contributed by atoms with van der Waals surface area (Å²) in [5, 5.41) is 11.9. The van der Waals surface area contributed by atoms with E-state index in [2.05, 4.69) is 5.32 Å². The van der Waals surface area contributed by atoms with Crippen LogP contribution < -0.4 is 10.2 Å². The Bertz CT molecular complexity index is 651. The molecule has 0 aliphatic carbocycles.